The Balaban J connectivity index is 2.27. The molecule has 170 valence electrons. The van der Waals surface area contributed by atoms with Crippen LogP contribution in [0.2, 0.25) is 0 Å². The summed E-state index contributed by atoms with van der Waals surface area (Å²) >= 11 is 0. The summed E-state index contributed by atoms with van der Waals surface area (Å²) in [7, 11) is 1.19. The van der Waals surface area contributed by atoms with Crippen LogP contribution in [-0.2, 0) is 33.3 Å². The highest BCUT2D eigenvalue weighted by Crippen LogP contribution is 2.36. The smallest absolute Gasteiger partial charge is 0.337 e. The molecule has 0 aromatic carbocycles. The molecular formula is C19H28O11. The van der Waals surface area contributed by atoms with Crippen LogP contribution in [0.5, 0.6) is 0 Å². The monoisotopic (exact) mass is 432 g/mol. The topological polar surface area (TPSA) is 161 Å². The number of carbonyl (C=O) groups excluding carboxylic acids is 2. The summed E-state index contributed by atoms with van der Waals surface area (Å²) in [5, 5.41) is 39.3. The highest BCUT2D eigenvalue weighted by molar-refractivity contribution is 5.90. The van der Waals surface area contributed by atoms with Crippen molar-refractivity contribution in [2.45, 2.75) is 57.3 Å². The molecule has 30 heavy (non-hydrogen) atoms. The number of ether oxygens (including phenoxy) is 5. The fourth-order valence-electron chi connectivity index (χ4n) is 3.31. The fourth-order valence-corrected chi connectivity index (χ4v) is 3.31. The molecule has 7 atom stereocenters. The van der Waals surface area contributed by atoms with Crippen LogP contribution in [0.25, 0.3) is 0 Å². The van der Waals surface area contributed by atoms with Gasteiger partial charge in [0.05, 0.1) is 38.6 Å². The van der Waals surface area contributed by atoms with E-state index in [1.54, 1.807) is 19.9 Å². The second kappa shape index (κ2) is 10.8. The Hall–Kier alpha value is -2.02. The van der Waals surface area contributed by atoms with Crippen LogP contribution in [0.15, 0.2) is 23.5 Å². The molecule has 0 aromatic rings. The molecule has 0 bridgehead atoms. The van der Waals surface area contributed by atoms with E-state index >= 15 is 0 Å². The van der Waals surface area contributed by atoms with Gasteiger partial charge in [-0.15, -0.1) is 0 Å². The number of hydrogen-bond acceptors (Lipinski definition) is 11. The Morgan fingerprint density at radius 1 is 1.20 bits per heavy atom. The molecule has 1 saturated heterocycles. The van der Waals surface area contributed by atoms with E-state index in [-0.39, 0.29) is 18.6 Å². The fraction of sp³-hybridized carbons (Fsp3) is 0.684. The Morgan fingerprint density at radius 2 is 1.90 bits per heavy atom. The summed E-state index contributed by atoms with van der Waals surface area (Å²) in [6, 6.07) is 0. The van der Waals surface area contributed by atoms with Crippen LogP contribution in [0.4, 0.5) is 0 Å². The van der Waals surface area contributed by atoms with E-state index < -0.39 is 61.5 Å². The van der Waals surface area contributed by atoms with Crippen LogP contribution in [0, 0.1) is 5.92 Å². The molecule has 0 spiro atoms. The largest absolute Gasteiger partial charge is 0.468 e. The average molecular weight is 432 g/mol. The summed E-state index contributed by atoms with van der Waals surface area (Å²) < 4.78 is 26.2. The Bertz CT molecular complexity index is 671. The van der Waals surface area contributed by atoms with Gasteiger partial charge in [0.2, 0.25) is 6.29 Å². The average Bonchev–Trinajstić information content (AvgIpc) is 2.73. The molecule has 4 N–H and O–H groups in total. The normalized spacial score (nSPS) is 35.4. The number of hydrogen-bond donors (Lipinski definition) is 4. The maximum Gasteiger partial charge on any atom is 0.337 e. The minimum absolute atomic E-state index is 0.0762. The van der Waals surface area contributed by atoms with Crippen molar-refractivity contribution in [2.75, 3.05) is 20.3 Å². The summed E-state index contributed by atoms with van der Waals surface area (Å²) in [5.41, 5.74) is 0.440. The number of aliphatic hydroxyl groups is 4. The van der Waals surface area contributed by atoms with E-state index in [9.17, 15) is 30.0 Å². The van der Waals surface area contributed by atoms with Gasteiger partial charge in [-0.25, -0.2) is 4.79 Å². The molecule has 2 heterocycles. The van der Waals surface area contributed by atoms with Crippen molar-refractivity contribution in [2.24, 2.45) is 5.92 Å². The molecule has 1 fully saturated rings. The molecule has 0 aliphatic carbocycles. The molecule has 0 radical (unpaired) electrons. The molecule has 11 heteroatoms. The van der Waals surface area contributed by atoms with Crippen molar-refractivity contribution in [3.63, 3.8) is 0 Å². The molecular weight excluding hydrogens is 404 g/mol. The van der Waals surface area contributed by atoms with E-state index in [4.69, 9.17) is 23.7 Å². The van der Waals surface area contributed by atoms with Gasteiger partial charge in [-0.05, 0) is 13.8 Å². The van der Waals surface area contributed by atoms with Crippen molar-refractivity contribution in [3.05, 3.63) is 23.5 Å². The second-order valence-corrected chi connectivity index (χ2v) is 6.72. The van der Waals surface area contributed by atoms with Gasteiger partial charge in [0.25, 0.3) is 0 Å². The standard InChI is InChI=1S/C19H28O11/c1-4-9-10(6-13(21)27-5-2)11(17(25)26-3)8-28-18(9)30-19-16(24)15(23)14(22)12(7-20)29-19/h4,8,10,12,14-16,18-20,22-24H,5-7H2,1-3H3/b9-4+/t10-,12+,14+,15-,16+,18-,19-/m0/s1. The molecule has 2 aliphatic heterocycles. The number of esters is 2. The molecule has 0 aromatic heterocycles. The lowest BCUT2D eigenvalue weighted by Crippen LogP contribution is -2.60. The number of methoxy groups -OCH3 is 1. The zero-order chi connectivity index (χ0) is 22.4. The van der Waals surface area contributed by atoms with Crippen LogP contribution < -0.4 is 0 Å². The van der Waals surface area contributed by atoms with Crippen molar-refractivity contribution in [3.8, 4) is 0 Å². The third-order valence-corrected chi connectivity index (χ3v) is 4.91. The summed E-state index contributed by atoms with van der Waals surface area (Å²) in [6.07, 6.45) is -6.14. The predicted octanol–water partition coefficient (Wildman–Crippen LogP) is -1.27. The zero-order valence-corrected chi connectivity index (χ0v) is 17.0. The van der Waals surface area contributed by atoms with Crippen LogP contribution >= 0.6 is 0 Å². The molecule has 0 amide bonds. The van der Waals surface area contributed by atoms with Crippen molar-refractivity contribution < 1.29 is 53.7 Å². The lowest BCUT2D eigenvalue weighted by atomic mass is 9.86. The maximum absolute atomic E-state index is 12.1. The van der Waals surface area contributed by atoms with Gasteiger partial charge in [-0.1, -0.05) is 6.08 Å². The Morgan fingerprint density at radius 3 is 2.47 bits per heavy atom. The third kappa shape index (κ3) is 5.17. The lowest BCUT2D eigenvalue weighted by Gasteiger charge is -2.41. The van der Waals surface area contributed by atoms with Gasteiger partial charge < -0.3 is 44.1 Å². The third-order valence-electron chi connectivity index (χ3n) is 4.91. The number of rotatable bonds is 7. The van der Waals surface area contributed by atoms with Crippen LogP contribution in [-0.4, -0.2) is 89.7 Å². The van der Waals surface area contributed by atoms with Crippen molar-refractivity contribution in [1.82, 2.24) is 0 Å². The van der Waals surface area contributed by atoms with Gasteiger partial charge in [0, 0.05) is 11.5 Å². The van der Waals surface area contributed by atoms with Crippen molar-refractivity contribution >= 4 is 11.9 Å². The zero-order valence-electron chi connectivity index (χ0n) is 17.0. The van der Waals surface area contributed by atoms with E-state index in [0.717, 1.165) is 6.26 Å². The summed E-state index contributed by atoms with van der Waals surface area (Å²) in [4.78, 5) is 24.2. The first-order chi connectivity index (χ1) is 14.3. The molecule has 0 unspecified atom stereocenters. The summed E-state index contributed by atoms with van der Waals surface area (Å²) in [5.74, 6) is -2.04. The first-order valence-electron chi connectivity index (χ1n) is 9.50. The van der Waals surface area contributed by atoms with E-state index in [1.807, 2.05) is 0 Å². The second-order valence-electron chi connectivity index (χ2n) is 6.72. The number of aliphatic hydroxyl groups excluding tert-OH is 4. The highest BCUT2D eigenvalue weighted by atomic mass is 16.8. The molecule has 2 rings (SSSR count). The minimum atomic E-state index is -1.64. The van der Waals surface area contributed by atoms with Gasteiger partial charge in [0.15, 0.2) is 6.29 Å². The summed E-state index contributed by atoms with van der Waals surface area (Å²) in [6.45, 7) is 2.83. The van der Waals surface area contributed by atoms with E-state index in [0.29, 0.717) is 5.57 Å². The number of allylic oxidation sites excluding steroid dienone is 1. The van der Waals surface area contributed by atoms with Crippen LogP contribution in [0.1, 0.15) is 20.3 Å². The SMILES string of the molecule is C/C=C1/[C@H](O[C@@H]2O[C@H](CO)[C@@H](O)[C@H](O)[C@H]2O)OC=C(C(=O)OC)[C@H]1CC(=O)OCC. The quantitative estimate of drug-likeness (QED) is 0.280. The van der Waals surface area contributed by atoms with Crippen LogP contribution in [0.3, 0.4) is 0 Å². The number of carbonyl (C=O) groups is 2. The molecule has 0 saturated carbocycles. The minimum Gasteiger partial charge on any atom is -0.468 e. The van der Waals surface area contributed by atoms with Gasteiger partial charge in [-0.2, -0.15) is 0 Å². The van der Waals surface area contributed by atoms with Crippen molar-refractivity contribution in [1.29, 1.82) is 0 Å². The highest BCUT2D eigenvalue weighted by Gasteiger charge is 2.46. The predicted molar refractivity (Wildman–Crippen MR) is 98.3 cm³/mol. The molecule has 2 aliphatic rings. The van der Waals surface area contributed by atoms with Gasteiger partial charge >= 0.3 is 11.9 Å². The van der Waals surface area contributed by atoms with E-state index in [2.05, 4.69) is 0 Å². The van der Waals surface area contributed by atoms with Gasteiger partial charge in [-0.3, -0.25) is 4.79 Å². The lowest BCUT2D eigenvalue weighted by molar-refractivity contribution is -0.327. The van der Waals surface area contributed by atoms with E-state index in [1.165, 1.54) is 7.11 Å². The Kier molecular flexibility index (Phi) is 8.77. The first-order valence-corrected chi connectivity index (χ1v) is 9.50. The first kappa shape index (κ1) is 24.3. The molecule has 11 nitrogen and oxygen atoms in total. The Labute approximate surface area is 173 Å². The van der Waals surface area contributed by atoms with Gasteiger partial charge in [0.1, 0.15) is 24.4 Å². The maximum atomic E-state index is 12.1.